The molecule has 0 aliphatic rings. The second-order valence-corrected chi connectivity index (χ2v) is 4.10. The van der Waals surface area contributed by atoms with Gasteiger partial charge < -0.3 is 9.84 Å². The Balaban J connectivity index is 3.63. The Morgan fingerprint density at radius 1 is 1.36 bits per heavy atom. The van der Waals surface area contributed by atoms with Gasteiger partial charge in [0.05, 0.1) is 7.11 Å². The minimum absolute atomic E-state index is 0.243. The summed E-state index contributed by atoms with van der Waals surface area (Å²) in [6.07, 6.45) is 0. The van der Waals surface area contributed by atoms with Crippen LogP contribution in [0.4, 0.5) is 0 Å². The van der Waals surface area contributed by atoms with Crippen LogP contribution in [0.15, 0.2) is 17.0 Å². The fraction of sp³-hybridized carbons (Fsp3) is 0.250. The molecule has 14 heavy (non-hydrogen) atoms. The average Bonchev–Trinajstić information content (AvgIpc) is 2.06. The van der Waals surface area contributed by atoms with E-state index in [-0.39, 0.29) is 11.5 Å². The zero-order valence-corrected chi connectivity index (χ0v) is 8.50. The molecule has 0 saturated carbocycles. The standard InChI is InChI=1S/C8H10O5S/c1-5-3-4-6(9)7(13-2)8(5)14(10,11)12/h3-4,9H,1-2H3,(H,10,11,12). The zero-order valence-electron chi connectivity index (χ0n) is 7.68. The molecule has 2 N–H and O–H groups in total. The van der Waals surface area contributed by atoms with Crippen molar-refractivity contribution in [1.82, 2.24) is 0 Å². The van der Waals surface area contributed by atoms with Crippen LogP contribution in [0.2, 0.25) is 0 Å². The number of hydrogen-bond donors (Lipinski definition) is 2. The lowest BCUT2D eigenvalue weighted by atomic mass is 10.2. The van der Waals surface area contributed by atoms with Gasteiger partial charge in [-0.3, -0.25) is 4.55 Å². The molecule has 0 fully saturated rings. The van der Waals surface area contributed by atoms with Crippen molar-refractivity contribution < 1.29 is 22.8 Å². The van der Waals surface area contributed by atoms with Crippen LogP contribution in [-0.4, -0.2) is 25.2 Å². The lowest BCUT2D eigenvalue weighted by Crippen LogP contribution is -2.04. The molecule has 0 amide bonds. The molecule has 0 bridgehead atoms. The number of ether oxygens (including phenoxy) is 1. The number of phenols is 1. The maximum absolute atomic E-state index is 11.0. The van der Waals surface area contributed by atoms with Crippen molar-refractivity contribution in [2.75, 3.05) is 7.11 Å². The predicted octanol–water partition coefficient (Wildman–Crippen LogP) is 0.956. The molecule has 1 aromatic rings. The summed E-state index contributed by atoms with van der Waals surface area (Å²) in [4.78, 5) is -0.403. The summed E-state index contributed by atoms with van der Waals surface area (Å²) >= 11 is 0. The van der Waals surface area contributed by atoms with E-state index in [9.17, 15) is 13.5 Å². The minimum atomic E-state index is -4.38. The fourth-order valence-corrected chi connectivity index (χ4v) is 2.07. The van der Waals surface area contributed by atoms with Crippen molar-refractivity contribution >= 4 is 10.1 Å². The highest BCUT2D eigenvalue weighted by molar-refractivity contribution is 7.86. The highest BCUT2D eigenvalue weighted by atomic mass is 32.2. The number of hydrogen-bond acceptors (Lipinski definition) is 4. The molecule has 0 atom stereocenters. The zero-order chi connectivity index (χ0) is 10.9. The van der Waals surface area contributed by atoms with E-state index in [1.807, 2.05) is 0 Å². The van der Waals surface area contributed by atoms with E-state index in [1.165, 1.54) is 26.2 Å². The fourth-order valence-electron chi connectivity index (χ4n) is 1.17. The van der Waals surface area contributed by atoms with Crippen LogP contribution < -0.4 is 4.74 Å². The van der Waals surface area contributed by atoms with Gasteiger partial charge in [-0.2, -0.15) is 8.42 Å². The highest BCUT2D eigenvalue weighted by Gasteiger charge is 2.22. The van der Waals surface area contributed by atoms with Crippen LogP contribution >= 0.6 is 0 Å². The van der Waals surface area contributed by atoms with Crippen LogP contribution in [-0.2, 0) is 10.1 Å². The first-order valence-corrected chi connectivity index (χ1v) is 5.16. The highest BCUT2D eigenvalue weighted by Crippen LogP contribution is 2.35. The van der Waals surface area contributed by atoms with Gasteiger partial charge in [0.15, 0.2) is 11.5 Å². The average molecular weight is 218 g/mol. The Morgan fingerprint density at radius 2 is 1.93 bits per heavy atom. The molecular weight excluding hydrogens is 208 g/mol. The van der Waals surface area contributed by atoms with Crippen molar-refractivity contribution in [3.05, 3.63) is 17.7 Å². The van der Waals surface area contributed by atoms with E-state index in [0.29, 0.717) is 5.56 Å². The van der Waals surface area contributed by atoms with Crippen molar-refractivity contribution in [1.29, 1.82) is 0 Å². The van der Waals surface area contributed by atoms with Crippen LogP contribution in [0.1, 0.15) is 5.56 Å². The van der Waals surface area contributed by atoms with Crippen molar-refractivity contribution in [2.45, 2.75) is 11.8 Å². The third-order valence-electron chi connectivity index (χ3n) is 1.75. The van der Waals surface area contributed by atoms with Crippen molar-refractivity contribution in [3.8, 4) is 11.5 Å². The Hall–Kier alpha value is -1.27. The van der Waals surface area contributed by atoms with E-state index in [1.54, 1.807) is 0 Å². The van der Waals surface area contributed by atoms with Gasteiger partial charge in [-0.05, 0) is 18.6 Å². The predicted molar refractivity (Wildman–Crippen MR) is 49.2 cm³/mol. The Kier molecular flexibility index (Phi) is 2.68. The first kappa shape index (κ1) is 10.8. The topological polar surface area (TPSA) is 83.8 Å². The lowest BCUT2D eigenvalue weighted by molar-refractivity contribution is 0.359. The number of rotatable bonds is 2. The summed E-state index contributed by atoms with van der Waals surface area (Å²) in [5.74, 6) is -0.571. The first-order chi connectivity index (χ1) is 6.38. The Bertz CT molecular complexity index is 449. The van der Waals surface area contributed by atoms with Gasteiger partial charge in [0, 0.05) is 0 Å². The molecule has 0 heterocycles. The minimum Gasteiger partial charge on any atom is -0.504 e. The molecule has 0 aromatic heterocycles. The summed E-state index contributed by atoms with van der Waals surface area (Å²) < 4.78 is 35.5. The molecule has 1 rings (SSSR count). The molecule has 0 radical (unpaired) electrons. The monoisotopic (exact) mass is 218 g/mol. The normalized spacial score (nSPS) is 11.4. The molecular formula is C8H10O5S. The summed E-state index contributed by atoms with van der Waals surface area (Å²) in [5.41, 5.74) is 0.308. The van der Waals surface area contributed by atoms with Gasteiger partial charge in [0.2, 0.25) is 0 Å². The van der Waals surface area contributed by atoms with Crippen LogP contribution in [0.3, 0.4) is 0 Å². The summed E-state index contributed by atoms with van der Waals surface area (Å²) in [7, 11) is -3.17. The van der Waals surface area contributed by atoms with Gasteiger partial charge in [0.1, 0.15) is 4.90 Å². The number of methoxy groups -OCH3 is 1. The molecule has 0 spiro atoms. The number of aromatic hydroxyl groups is 1. The van der Waals surface area contributed by atoms with Gasteiger partial charge >= 0.3 is 0 Å². The van der Waals surface area contributed by atoms with Gasteiger partial charge in [-0.1, -0.05) is 6.07 Å². The van der Waals surface area contributed by atoms with E-state index in [2.05, 4.69) is 0 Å². The Labute approximate surface area is 81.7 Å². The first-order valence-electron chi connectivity index (χ1n) is 3.72. The van der Waals surface area contributed by atoms with Crippen molar-refractivity contribution in [2.24, 2.45) is 0 Å². The molecule has 1 aromatic carbocycles. The van der Waals surface area contributed by atoms with Crippen LogP contribution in [0.25, 0.3) is 0 Å². The second kappa shape index (κ2) is 3.47. The molecule has 0 aliphatic carbocycles. The van der Waals surface area contributed by atoms with Gasteiger partial charge in [0.25, 0.3) is 10.1 Å². The largest absolute Gasteiger partial charge is 0.504 e. The molecule has 0 saturated heterocycles. The quantitative estimate of drug-likeness (QED) is 0.722. The number of phenolic OH excluding ortho intramolecular Hbond substituents is 1. The smallest absolute Gasteiger partial charge is 0.298 e. The van der Waals surface area contributed by atoms with Crippen molar-refractivity contribution in [3.63, 3.8) is 0 Å². The molecule has 5 nitrogen and oxygen atoms in total. The van der Waals surface area contributed by atoms with Crippen LogP contribution in [0, 0.1) is 6.92 Å². The van der Waals surface area contributed by atoms with E-state index in [4.69, 9.17) is 9.29 Å². The SMILES string of the molecule is COc1c(O)ccc(C)c1S(=O)(=O)O. The van der Waals surface area contributed by atoms with Gasteiger partial charge in [-0.15, -0.1) is 0 Å². The number of benzene rings is 1. The molecule has 6 heteroatoms. The summed E-state index contributed by atoms with van der Waals surface area (Å²) in [5, 5.41) is 9.28. The molecule has 0 aliphatic heterocycles. The Morgan fingerprint density at radius 3 is 2.29 bits per heavy atom. The summed E-state index contributed by atoms with van der Waals surface area (Å²) in [6.45, 7) is 1.49. The molecule has 78 valence electrons. The van der Waals surface area contributed by atoms with E-state index in [0.717, 1.165) is 0 Å². The van der Waals surface area contributed by atoms with E-state index >= 15 is 0 Å². The van der Waals surface area contributed by atoms with Crippen LogP contribution in [0.5, 0.6) is 11.5 Å². The maximum atomic E-state index is 11.0. The maximum Gasteiger partial charge on any atom is 0.298 e. The summed E-state index contributed by atoms with van der Waals surface area (Å²) in [6, 6.07) is 2.67. The van der Waals surface area contributed by atoms with E-state index < -0.39 is 15.0 Å². The van der Waals surface area contributed by atoms with Gasteiger partial charge in [-0.25, -0.2) is 0 Å². The molecule has 0 unspecified atom stereocenters. The lowest BCUT2D eigenvalue weighted by Gasteiger charge is -2.09. The second-order valence-electron chi connectivity index (χ2n) is 2.74. The third kappa shape index (κ3) is 1.80. The number of aryl methyl sites for hydroxylation is 1. The third-order valence-corrected chi connectivity index (χ3v) is 2.77.